The number of methoxy groups -OCH3 is 1. The van der Waals surface area contributed by atoms with Gasteiger partial charge in [-0.15, -0.1) is 0 Å². The number of nitrogens with zero attached hydrogens (tertiary/aromatic N) is 2. The number of carbonyl (C=O) groups is 3. The van der Waals surface area contributed by atoms with E-state index in [0.29, 0.717) is 45.9 Å². The molecule has 2 aromatic rings. The van der Waals surface area contributed by atoms with Gasteiger partial charge in [0, 0.05) is 47.8 Å². The van der Waals surface area contributed by atoms with Gasteiger partial charge in [0.15, 0.2) is 23.0 Å². The second-order valence-corrected chi connectivity index (χ2v) is 12.4. The highest BCUT2D eigenvalue weighted by molar-refractivity contribution is 5.89. The molecule has 2 bridgehead atoms. The van der Waals surface area contributed by atoms with Crippen LogP contribution in [-0.4, -0.2) is 78.6 Å². The normalized spacial score (nSPS) is 24.3. The van der Waals surface area contributed by atoms with Crippen molar-refractivity contribution in [1.29, 1.82) is 5.26 Å². The minimum absolute atomic E-state index is 0.0502. The fourth-order valence-electron chi connectivity index (χ4n) is 7.59. The number of benzene rings is 2. The zero-order valence-electron chi connectivity index (χ0n) is 26.7. The molecule has 0 aliphatic carbocycles. The topological polar surface area (TPSA) is 171 Å². The minimum atomic E-state index is -5.19. The molecule has 2 amide bonds. The van der Waals surface area contributed by atoms with Gasteiger partial charge >= 0.3 is 18.1 Å². The van der Waals surface area contributed by atoms with Crippen LogP contribution in [0.2, 0.25) is 0 Å². The molecular weight excluding hydrogens is 639 g/mol. The molecule has 4 aliphatic rings. The van der Waals surface area contributed by atoms with Crippen molar-refractivity contribution in [3.63, 3.8) is 0 Å². The Bertz CT molecular complexity index is 1760. The van der Waals surface area contributed by atoms with E-state index in [2.05, 4.69) is 16.7 Å². The van der Waals surface area contributed by atoms with Gasteiger partial charge in [0.1, 0.15) is 17.8 Å². The summed E-state index contributed by atoms with van der Waals surface area (Å²) in [7, 11) is 1.46. The number of halogens is 3. The zero-order chi connectivity index (χ0) is 34.8. The predicted octanol–water partition coefficient (Wildman–Crippen LogP) is 2.28. The molecule has 6 atom stereocenters. The van der Waals surface area contributed by atoms with Crippen LogP contribution in [-0.2, 0) is 27.2 Å². The van der Waals surface area contributed by atoms with Crippen LogP contribution in [0.25, 0.3) is 0 Å². The molecule has 4 N–H and O–H groups in total. The predicted molar refractivity (Wildman–Crippen MR) is 160 cm³/mol. The van der Waals surface area contributed by atoms with E-state index >= 15 is 0 Å². The number of piperazine rings is 1. The van der Waals surface area contributed by atoms with Crippen LogP contribution >= 0.6 is 0 Å². The fourth-order valence-corrected chi connectivity index (χ4v) is 7.59. The monoisotopic (exact) mass is 673 g/mol. The lowest BCUT2D eigenvalue weighted by Gasteiger charge is -2.56. The van der Waals surface area contributed by atoms with Crippen molar-refractivity contribution in [3.05, 3.63) is 39.4 Å². The van der Waals surface area contributed by atoms with E-state index in [-0.39, 0.29) is 31.3 Å². The maximum absolute atomic E-state index is 13.1. The van der Waals surface area contributed by atoms with Crippen LogP contribution in [0.15, 0.2) is 6.07 Å². The first kappa shape index (κ1) is 33.2. The van der Waals surface area contributed by atoms with Gasteiger partial charge in [0.25, 0.3) is 0 Å². The second kappa shape index (κ2) is 12.0. The molecule has 0 spiro atoms. The molecule has 0 aromatic heterocycles. The van der Waals surface area contributed by atoms with Crippen LogP contribution in [0.3, 0.4) is 0 Å². The summed E-state index contributed by atoms with van der Waals surface area (Å²) in [6.07, 6.45) is -4.60. The summed E-state index contributed by atoms with van der Waals surface area (Å²) < 4.78 is 61.7. The van der Waals surface area contributed by atoms with E-state index in [4.69, 9.17) is 18.9 Å². The minimum Gasteiger partial charge on any atom is -0.504 e. The van der Waals surface area contributed by atoms with E-state index < -0.39 is 60.2 Å². The highest BCUT2D eigenvalue weighted by Crippen LogP contribution is 2.56. The Morgan fingerprint density at radius 1 is 1.19 bits per heavy atom. The Hall–Kier alpha value is -4.75. The number of alkyl halides is 3. The Morgan fingerprint density at radius 2 is 1.90 bits per heavy atom. The molecule has 0 saturated carbocycles. The molecule has 48 heavy (non-hydrogen) atoms. The molecule has 0 radical (unpaired) electrons. The van der Waals surface area contributed by atoms with Crippen LogP contribution in [0.1, 0.15) is 59.3 Å². The number of fused-ring (bicyclic) bond motifs is 9. The van der Waals surface area contributed by atoms with Crippen LogP contribution in [0, 0.1) is 25.2 Å². The lowest BCUT2D eigenvalue weighted by molar-refractivity contribution is -0.174. The molecule has 2 aromatic carbocycles. The number of aromatic hydroxyl groups is 1. The Morgan fingerprint density at radius 3 is 2.54 bits per heavy atom. The Labute approximate surface area is 273 Å². The molecule has 16 heteroatoms. The summed E-state index contributed by atoms with van der Waals surface area (Å²) >= 11 is 0. The first-order valence-corrected chi connectivity index (χ1v) is 15.3. The first-order valence-electron chi connectivity index (χ1n) is 15.3. The highest BCUT2D eigenvalue weighted by Gasteiger charge is 2.54. The smallest absolute Gasteiger partial charge is 0.471 e. The maximum atomic E-state index is 13.1. The molecule has 4 aliphatic heterocycles. The number of nitrogens with one attached hydrogen (secondary N) is 3. The lowest BCUT2D eigenvalue weighted by Crippen LogP contribution is -2.68. The number of amides is 2. The van der Waals surface area contributed by atoms with E-state index in [0.717, 1.165) is 18.1 Å². The number of esters is 1. The fraction of sp³-hybridized carbons (Fsp3) is 0.500. The van der Waals surface area contributed by atoms with Crippen molar-refractivity contribution in [1.82, 2.24) is 20.9 Å². The first-order chi connectivity index (χ1) is 22.7. The Balaban J connectivity index is 1.49. The van der Waals surface area contributed by atoms with Crippen LogP contribution in [0.4, 0.5) is 13.2 Å². The highest BCUT2D eigenvalue weighted by atomic mass is 19.4. The van der Waals surface area contributed by atoms with Gasteiger partial charge in [-0.05, 0) is 44.7 Å². The van der Waals surface area contributed by atoms with Gasteiger partial charge < -0.3 is 40.0 Å². The second-order valence-electron chi connectivity index (χ2n) is 12.4. The molecule has 4 heterocycles. The molecule has 1 saturated heterocycles. The third-order valence-corrected chi connectivity index (χ3v) is 9.47. The van der Waals surface area contributed by atoms with E-state index in [1.54, 1.807) is 12.2 Å². The number of aryl methyl sites for hydroxylation is 1. The van der Waals surface area contributed by atoms with Gasteiger partial charge in [-0.1, -0.05) is 6.07 Å². The van der Waals surface area contributed by atoms with Crippen molar-refractivity contribution in [2.75, 3.05) is 20.4 Å². The van der Waals surface area contributed by atoms with E-state index in [1.807, 2.05) is 17.9 Å². The van der Waals surface area contributed by atoms with Gasteiger partial charge in [0.2, 0.25) is 12.7 Å². The van der Waals surface area contributed by atoms with Gasteiger partial charge in [-0.3, -0.25) is 19.3 Å². The molecule has 6 rings (SSSR count). The summed E-state index contributed by atoms with van der Waals surface area (Å²) in [6.45, 7) is 5.51. The summed E-state index contributed by atoms with van der Waals surface area (Å²) in [5.41, 5.74) is 3.68. The number of hydrogen-bond acceptors (Lipinski definition) is 11. The van der Waals surface area contributed by atoms with Gasteiger partial charge in [-0.2, -0.15) is 18.4 Å². The van der Waals surface area contributed by atoms with Gasteiger partial charge in [-0.25, -0.2) is 0 Å². The zero-order valence-corrected chi connectivity index (χ0v) is 26.7. The summed E-state index contributed by atoms with van der Waals surface area (Å²) in [4.78, 5) is 38.9. The number of phenolic OH excluding ortho intramolecular Hbond substituents is 1. The third-order valence-electron chi connectivity index (χ3n) is 9.47. The number of hydrogen-bond donors (Lipinski definition) is 4. The van der Waals surface area contributed by atoms with Crippen molar-refractivity contribution in [3.8, 4) is 34.8 Å². The average Bonchev–Trinajstić information content (AvgIpc) is 3.51. The molecule has 256 valence electrons. The number of ether oxygens (including phenoxy) is 4. The quantitative estimate of drug-likeness (QED) is 0.262. The van der Waals surface area contributed by atoms with E-state index in [1.165, 1.54) is 14.0 Å². The summed E-state index contributed by atoms with van der Waals surface area (Å²) in [5.74, 6) is -2.64. The van der Waals surface area contributed by atoms with Crippen LogP contribution in [0.5, 0.6) is 28.7 Å². The molecular formula is C32H34F3N5O8. The third kappa shape index (κ3) is 5.30. The molecule has 1 fully saturated rings. The lowest BCUT2D eigenvalue weighted by atomic mass is 9.72. The number of carbonyl (C=O) groups excluding carboxylic acids is 3. The Kier molecular flexibility index (Phi) is 8.32. The molecule has 13 nitrogen and oxygen atoms in total. The maximum Gasteiger partial charge on any atom is 0.471 e. The summed E-state index contributed by atoms with van der Waals surface area (Å²) in [6, 6.07) is -0.432. The van der Waals surface area contributed by atoms with Crippen molar-refractivity contribution < 1.29 is 51.6 Å². The number of nitriles is 1. The molecule has 1 unspecified atom stereocenters. The van der Waals surface area contributed by atoms with Gasteiger partial charge in [0.05, 0.1) is 25.3 Å². The largest absolute Gasteiger partial charge is 0.504 e. The average molecular weight is 674 g/mol. The van der Waals surface area contributed by atoms with Crippen molar-refractivity contribution in [2.24, 2.45) is 0 Å². The number of phenols is 1. The van der Waals surface area contributed by atoms with Crippen LogP contribution < -0.4 is 34.9 Å². The van der Waals surface area contributed by atoms with Crippen molar-refractivity contribution >= 4 is 17.8 Å². The summed E-state index contributed by atoms with van der Waals surface area (Å²) in [5, 5.41) is 30.0. The van der Waals surface area contributed by atoms with E-state index in [9.17, 15) is 37.9 Å². The standard InChI is InChI=1S/C32H34F3N5O8/c1-12-6-16-7-18-20(9-36)40-19(24(39-18)22(16)25(42)26(12)45-5)8-17-23(29-28(46-11-47-29)13(2)27(17)48-15(4)41)21(40)10-37-30(43)14(3)38-31(44)32(33,34)35/h6,14,18-21,24,39,42H,7-8,10-11H2,1-5H3,(H,37,43)(H,38,44)/t14-,18-,19?,20-,21-,24+/m0/s1. The SMILES string of the molecule is COc1c(C)cc2c(c1O)[C@@H]1N[C@@H](C2)[C@H](C#N)N2C1Cc1c(OC(C)=O)c(C)c3c(c1[C@@H]2CNC(=O)[C@H](C)NC(=O)C(F)(F)F)OCO3. The van der Waals surface area contributed by atoms with Crippen molar-refractivity contribution in [2.45, 2.75) is 83.0 Å². The number of rotatable bonds is 6.